The topological polar surface area (TPSA) is 3.24 Å². The van der Waals surface area contributed by atoms with Crippen molar-refractivity contribution in [3.63, 3.8) is 0 Å². The molecular formula is C56H37NS. The third-order valence-electron chi connectivity index (χ3n) is 11.5. The molecule has 0 atom stereocenters. The van der Waals surface area contributed by atoms with Gasteiger partial charge in [0.1, 0.15) is 0 Å². The van der Waals surface area contributed by atoms with Crippen LogP contribution in [-0.4, -0.2) is 0 Å². The molecule has 0 unspecified atom stereocenters. The molecule has 11 rings (SSSR count). The molecule has 0 spiro atoms. The van der Waals surface area contributed by atoms with Crippen molar-refractivity contribution in [3.8, 4) is 44.5 Å². The second-order valence-corrected chi connectivity index (χ2v) is 16.0. The Labute approximate surface area is 342 Å². The van der Waals surface area contributed by atoms with Crippen LogP contribution >= 0.6 is 11.3 Å². The largest absolute Gasteiger partial charge is 0.310 e. The maximum atomic E-state index is 2.43. The summed E-state index contributed by atoms with van der Waals surface area (Å²) in [5.74, 6) is 0. The fraction of sp³-hybridized carbons (Fsp3) is 0. The van der Waals surface area contributed by atoms with Gasteiger partial charge in [-0.05, 0) is 109 Å². The molecule has 10 aromatic carbocycles. The summed E-state index contributed by atoms with van der Waals surface area (Å²) in [6, 6.07) is 82.0. The van der Waals surface area contributed by atoms with Gasteiger partial charge >= 0.3 is 0 Å². The second kappa shape index (κ2) is 14.4. The maximum Gasteiger partial charge on any atom is 0.0540 e. The van der Waals surface area contributed by atoms with Crippen molar-refractivity contribution in [2.24, 2.45) is 0 Å². The molecular weight excluding hydrogens is 719 g/mol. The zero-order valence-corrected chi connectivity index (χ0v) is 32.5. The molecule has 0 saturated carbocycles. The predicted octanol–water partition coefficient (Wildman–Crippen LogP) is 16.5. The minimum absolute atomic E-state index is 1.09. The molecule has 2 heteroatoms. The van der Waals surface area contributed by atoms with Gasteiger partial charge in [-0.1, -0.05) is 176 Å². The van der Waals surface area contributed by atoms with Crippen molar-refractivity contribution in [1.29, 1.82) is 0 Å². The highest BCUT2D eigenvalue weighted by Gasteiger charge is 2.21. The quantitative estimate of drug-likeness (QED) is 0.157. The molecule has 11 aromatic rings. The van der Waals surface area contributed by atoms with Crippen molar-refractivity contribution in [3.05, 3.63) is 224 Å². The third-order valence-corrected chi connectivity index (χ3v) is 12.6. The number of rotatable bonds is 7. The van der Waals surface area contributed by atoms with Gasteiger partial charge in [-0.25, -0.2) is 0 Å². The van der Waals surface area contributed by atoms with E-state index in [4.69, 9.17) is 0 Å². The van der Waals surface area contributed by atoms with Gasteiger partial charge in [0, 0.05) is 37.1 Å². The Kier molecular flexibility index (Phi) is 8.42. The Morgan fingerprint density at radius 3 is 1.67 bits per heavy atom. The van der Waals surface area contributed by atoms with Gasteiger partial charge < -0.3 is 4.90 Å². The fourth-order valence-electron chi connectivity index (χ4n) is 8.63. The summed E-state index contributed by atoms with van der Waals surface area (Å²) < 4.78 is 2.62. The Hall–Kier alpha value is -7.26. The molecule has 272 valence electrons. The molecule has 0 radical (unpaired) electrons. The number of anilines is 3. The van der Waals surface area contributed by atoms with Crippen LogP contribution in [0.2, 0.25) is 0 Å². The fourth-order valence-corrected chi connectivity index (χ4v) is 9.80. The number of nitrogens with zero attached hydrogens (tertiary/aromatic N) is 1. The molecule has 58 heavy (non-hydrogen) atoms. The van der Waals surface area contributed by atoms with Gasteiger partial charge in [0.05, 0.1) is 5.69 Å². The van der Waals surface area contributed by atoms with E-state index in [-0.39, 0.29) is 0 Å². The molecule has 0 aliphatic heterocycles. The van der Waals surface area contributed by atoms with Crippen LogP contribution < -0.4 is 4.90 Å². The van der Waals surface area contributed by atoms with E-state index < -0.39 is 0 Å². The first-order chi connectivity index (χ1) is 28.7. The van der Waals surface area contributed by atoms with Crippen LogP contribution in [-0.2, 0) is 0 Å². The van der Waals surface area contributed by atoms with Crippen LogP contribution in [0.3, 0.4) is 0 Å². The maximum absolute atomic E-state index is 2.43. The van der Waals surface area contributed by atoms with Crippen LogP contribution in [0.1, 0.15) is 0 Å². The SMILES string of the molecule is c1ccc(-c2ccc(N(c3ccc(-c4ccc5c(c4)sc4cc6ccccc6cc45)c(-c4ccccc4)c3)c3ccccc3-c3cccc4ccccc34)cc2)cc1. The monoisotopic (exact) mass is 755 g/mol. The van der Waals surface area contributed by atoms with E-state index in [0.29, 0.717) is 0 Å². The zero-order chi connectivity index (χ0) is 38.4. The summed E-state index contributed by atoms with van der Waals surface area (Å²) in [6.07, 6.45) is 0. The van der Waals surface area contributed by atoms with Crippen molar-refractivity contribution in [2.75, 3.05) is 4.90 Å². The highest BCUT2D eigenvalue weighted by molar-refractivity contribution is 7.25. The summed E-state index contributed by atoms with van der Waals surface area (Å²) in [5.41, 5.74) is 12.9. The standard InChI is InChI=1S/C56H37NS/c1-3-14-38(15-4-1)39-26-29-45(30-27-39)57(54-25-12-11-23-50(54)49-24-13-21-40-18-9-10-22-47(40)49)46-31-33-48(52(37-46)41-16-5-2-6-17-41)44-28-32-51-53-34-42-19-7-8-20-43(42)35-56(53)58-55(51)36-44/h1-37H. The van der Waals surface area contributed by atoms with Gasteiger partial charge in [-0.3, -0.25) is 0 Å². The predicted molar refractivity (Wildman–Crippen MR) is 251 cm³/mol. The minimum atomic E-state index is 1.09. The zero-order valence-electron chi connectivity index (χ0n) is 31.7. The summed E-state index contributed by atoms with van der Waals surface area (Å²) in [4.78, 5) is 2.43. The van der Waals surface area contributed by atoms with Crippen LogP contribution in [0.25, 0.3) is 86.2 Å². The van der Waals surface area contributed by atoms with Gasteiger partial charge in [0.15, 0.2) is 0 Å². The first-order valence-electron chi connectivity index (χ1n) is 19.8. The summed E-state index contributed by atoms with van der Waals surface area (Å²) in [6.45, 7) is 0. The van der Waals surface area contributed by atoms with E-state index in [2.05, 4.69) is 229 Å². The van der Waals surface area contributed by atoms with E-state index in [0.717, 1.165) is 17.1 Å². The molecule has 0 fully saturated rings. The Morgan fingerprint density at radius 2 is 0.862 bits per heavy atom. The lowest BCUT2D eigenvalue weighted by Crippen LogP contribution is -2.11. The average Bonchev–Trinajstić information content (AvgIpc) is 3.65. The number of thiophene rings is 1. The van der Waals surface area contributed by atoms with Crippen LogP contribution in [0.15, 0.2) is 224 Å². The Balaban J connectivity index is 1.11. The Bertz CT molecular complexity index is 3270. The van der Waals surface area contributed by atoms with Gasteiger partial charge in [-0.2, -0.15) is 0 Å². The lowest BCUT2D eigenvalue weighted by atomic mass is 9.92. The molecule has 1 aromatic heterocycles. The highest BCUT2D eigenvalue weighted by Crippen LogP contribution is 2.46. The molecule has 0 bridgehead atoms. The summed E-state index contributed by atoms with van der Waals surface area (Å²) >= 11 is 1.88. The number of hydrogen-bond acceptors (Lipinski definition) is 2. The first-order valence-corrected chi connectivity index (χ1v) is 20.6. The lowest BCUT2D eigenvalue weighted by Gasteiger charge is -2.29. The molecule has 0 N–H and O–H groups in total. The van der Waals surface area contributed by atoms with Crippen molar-refractivity contribution in [1.82, 2.24) is 0 Å². The molecule has 1 nitrogen and oxygen atoms in total. The second-order valence-electron chi connectivity index (χ2n) is 14.9. The first kappa shape index (κ1) is 34.0. The number of para-hydroxylation sites is 1. The number of benzene rings is 10. The number of fused-ring (bicyclic) bond motifs is 5. The van der Waals surface area contributed by atoms with E-state index in [1.807, 2.05) is 11.3 Å². The normalized spacial score (nSPS) is 11.4. The molecule has 0 aliphatic rings. The van der Waals surface area contributed by atoms with Crippen molar-refractivity contribution >= 4 is 70.1 Å². The Morgan fingerprint density at radius 1 is 0.276 bits per heavy atom. The molecule has 1 heterocycles. The van der Waals surface area contributed by atoms with Crippen molar-refractivity contribution in [2.45, 2.75) is 0 Å². The van der Waals surface area contributed by atoms with Gasteiger partial charge in [0.2, 0.25) is 0 Å². The van der Waals surface area contributed by atoms with Gasteiger partial charge in [-0.15, -0.1) is 11.3 Å². The number of hydrogen-bond donors (Lipinski definition) is 0. The molecule has 0 aliphatic carbocycles. The average molecular weight is 756 g/mol. The van der Waals surface area contributed by atoms with Crippen LogP contribution in [0.5, 0.6) is 0 Å². The smallest absolute Gasteiger partial charge is 0.0540 e. The molecule has 0 amide bonds. The van der Waals surface area contributed by atoms with E-state index in [1.54, 1.807) is 0 Å². The van der Waals surface area contributed by atoms with E-state index >= 15 is 0 Å². The van der Waals surface area contributed by atoms with Crippen molar-refractivity contribution < 1.29 is 0 Å². The van der Waals surface area contributed by atoms with Crippen LogP contribution in [0, 0.1) is 0 Å². The third kappa shape index (κ3) is 6.03. The minimum Gasteiger partial charge on any atom is -0.310 e. The highest BCUT2D eigenvalue weighted by atomic mass is 32.1. The molecule has 0 saturated heterocycles. The van der Waals surface area contributed by atoms with E-state index in [1.165, 1.54) is 86.2 Å². The summed E-state index contributed by atoms with van der Waals surface area (Å²) in [5, 5.41) is 7.66. The van der Waals surface area contributed by atoms with Crippen LogP contribution in [0.4, 0.5) is 17.1 Å². The van der Waals surface area contributed by atoms with Gasteiger partial charge in [0.25, 0.3) is 0 Å². The van der Waals surface area contributed by atoms with E-state index in [9.17, 15) is 0 Å². The lowest BCUT2D eigenvalue weighted by molar-refractivity contribution is 1.28. The summed E-state index contributed by atoms with van der Waals surface area (Å²) in [7, 11) is 0.